The fourth-order valence-electron chi connectivity index (χ4n) is 3.88. The third kappa shape index (κ3) is 4.07. The molecule has 3 aromatic heterocycles. The molecule has 0 saturated carbocycles. The van der Waals surface area contributed by atoms with E-state index in [9.17, 15) is 4.79 Å². The molecule has 154 valence electrons. The molecule has 1 fully saturated rings. The van der Waals surface area contributed by atoms with Crippen LogP contribution < -0.4 is 0 Å². The first-order chi connectivity index (χ1) is 13.9. The van der Waals surface area contributed by atoms with Gasteiger partial charge in [0.25, 0.3) is 5.91 Å². The zero-order chi connectivity index (χ0) is 20.5. The summed E-state index contributed by atoms with van der Waals surface area (Å²) in [7, 11) is 1.90. The largest absolute Gasteiger partial charge is 0.340 e. The molecule has 0 radical (unpaired) electrons. The van der Waals surface area contributed by atoms with Gasteiger partial charge >= 0.3 is 0 Å². The molecule has 1 aliphatic rings. The molecule has 0 unspecified atom stereocenters. The van der Waals surface area contributed by atoms with Crippen molar-refractivity contribution in [1.82, 2.24) is 24.6 Å². The van der Waals surface area contributed by atoms with Gasteiger partial charge in [-0.1, -0.05) is 0 Å². The van der Waals surface area contributed by atoms with E-state index in [1.807, 2.05) is 22.7 Å². The monoisotopic (exact) mass is 411 g/mol. The van der Waals surface area contributed by atoms with Gasteiger partial charge in [0.05, 0.1) is 27.7 Å². The second-order valence-electron chi connectivity index (χ2n) is 8.16. The lowest BCUT2D eigenvalue weighted by Gasteiger charge is -2.22. The van der Waals surface area contributed by atoms with Crippen LogP contribution in [0.25, 0.3) is 21.6 Å². The molecular weight excluding hydrogens is 382 g/mol. The van der Waals surface area contributed by atoms with Crippen molar-refractivity contribution in [2.45, 2.75) is 39.7 Å². The van der Waals surface area contributed by atoms with Crippen LogP contribution in [-0.4, -0.2) is 63.7 Å². The number of carbonyl (C=O) groups excluding carboxylic acids is 1. The van der Waals surface area contributed by atoms with Crippen molar-refractivity contribution in [2.24, 2.45) is 0 Å². The van der Waals surface area contributed by atoms with Gasteiger partial charge in [0.1, 0.15) is 0 Å². The summed E-state index contributed by atoms with van der Waals surface area (Å²) in [6.45, 7) is 10.2. The van der Waals surface area contributed by atoms with Crippen molar-refractivity contribution in [3.8, 4) is 10.6 Å². The number of aromatic nitrogens is 3. The van der Waals surface area contributed by atoms with Crippen LogP contribution in [0.4, 0.5) is 0 Å². The smallest absolute Gasteiger partial charge is 0.254 e. The number of thiophene rings is 1. The molecule has 1 aliphatic heterocycles. The topological polar surface area (TPSA) is 54.3 Å². The van der Waals surface area contributed by atoms with Gasteiger partial charge in [-0.2, -0.15) is 5.10 Å². The number of rotatable bonds is 6. The van der Waals surface area contributed by atoms with Crippen molar-refractivity contribution in [1.29, 1.82) is 0 Å². The first-order valence-corrected chi connectivity index (χ1v) is 11.2. The number of nitrogens with zero attached hydrogens (tertiary/aromatic N) is 5. The quantitative estimate of drug-likeness (QED) is 0.609. The van der Waals surface area contributed by atoms with Crippen LogP contribution in [0.2, 0.25) is 0 Å². The second kappa shape index (κ2) is 8.24. The maximum atomic E-state index is 13.4. The molecule has 0 spiro atoms. The SMILES string of the molecule is Cc1ccc(-c2cc(C(=O)N(C)CCN3CCCC3)c3cnn(C(C)C)c3n2)s1. The van der Waals surface area contributed by atoms with Crippen LogP contribution in [-0.2, 0) is 0 Å². The lowest BCUT2D eigenvalue weighted by atomic mass is 10.1. The normalized spacial score (nSPS) is 14.9. The molecule has 29 heavy (non-hydrogen) atoms. The summed E-state index contributed by atoms with van der Waals surface area (Å²) in [5, 5.41) is 5.35. The first kappa shape index (κ1) is 20.0. The molecule has 6 nitrogen and oxygen atoms in total. The summed E-state index contributed by atoms with van der Waals surface area (Å²) in [6.07, 6.45) is 4.31. The van der Waals surface area contributed by atoms with Gasteiger partial charge in [-0.05, 0) is 64.9 Å². The Morgan fingerprint density at radius 1 is 1.28 bits per heavy atom. The van der Waals surface area contributed by atoms with Gasteiger partial charge in [-0.25, -0.2) is 9.67 Å². The average molecular weight is 412 g/mol. The summed E-state index contributed by atoms with van der Waals surface area (Å²) < 4.78 is 1.90. The van der Waals surface area contributed by atoms with E-state index in [1.165, 1.54) is 17.7 Å². The van der Waals surface area contributed by atoms with E-state index in [0.29, 0.717) is 5.56 Å². The third-order valence-electron chi connectivity index (χ3n) is 5.58. The Bertz CT molecular complexity index is 1020. The predicted molar refractivity (Wildman–Crippen MR) is 119 cm³/mol. The molecule has 7 heteroatoms. The Kier molecular flexibility index (Phi) is 5.69. The molecule has 0 aliphatic carbocycles. The summed E-state index contributed by atoms with van der Waals surface area (Å²) in [4.78, 5) is 24.8. The molecule has 1 saturated heterocycles. The lowest BCUT2D eigenvalue weighted by molar-refractivity contribution is 0.0784. The van der Waals surface area contributed by atoms with Gasteiger partial charge in [-0.3, -0.25) is 4.79 Å². The van der Waals surface area contributed by atoms with Crippen molar-refractivity contribution in [3.63, 3.8) is 0 Å². The predicted octanol–water partition coefficient (Wildman–Crippen LogP) is 4.22. The average Bonchev–Trinajstić information content (AvgIpc) is 3.44. The molecule has 4 heterocycles. The van der Waals surface area contributed by atoms with E-state index in [-0.39, 0.29) is 11.9 Å². The van der Waals surface area contributed by atoms with E-state index < -0.39 is 0 Å². The summed E-state index contributed by atoms with van der Waals surface area (Å²) in [5.74, 6) is 0.0365. The minimum absolute atomic E-state index is 0.0365. The molecular formula is C22H29N5OS. The second-order valence-corrected chi connectivity index (χ2v) is 9.45. The van der Waals surface area contributed by atoms with Gasteiger partial charge in [-0.15, -0.1) is 11.3 Å². The van der Waals surface area contributed by atoms with Gasteiger partial charge < -0.3 is 9.80 Å². The molecule has 0 atom stereocenters. The van der Waals surface area contributed by atoms with Gasteiger partial charge in [0.15, 0.2) is 5.65 Å². The fraction of sp³-hybridized carbons (Fsp3) is 0.500. The highest BCUT2D eigenvalue weighted by molar-refractivity contribution is 7.15. The van der Waals surface area contributed by atoms with E-state index in [2.05, 4.69) is 42.9 Å². The number of fused-ring (bicyclic) bond motifs is 1. The maximum absolute atomic E-state index is 13.4. The van der Waals surface area contributed by atoms with E-state index in [0.717, 1.165) is 47.8 Å². The van der Waals surface area contributed by atoms with Crippen molar-refractivity contribution in [2.75, 3.05) is 33.2 Å². The van der Waals surface area contributed by atoms with E-state index in [1.54, 1.807) is 17.5 Å². The van der Waals surface area contributed by atoms with E-state index >= 15 is 0 Å². The van der Waals surface area contributed by atoms with Crippen molar-refractivity contribution in [3.05, 3.63) is 34.8 Å². The van der Waals surface area contributed by atoms with Gasteiger partial charge in [0, 0.05) is 31.1 Å². The van der Waals surface area contributed by atoms with Gasteiger partial charge in [0.2, 0.25) is 0 Å². The number of hydrogen-bond donors (Lipinski definition) is 0. The highest BCUT2D eigenvalue weighted by atomic mass is 32.1. The lowest BCUT2D eigenvalue weighted by Crippen LogP contribution is -2.35. The molecule has 0 bridgehead atoms. The minimum Gasteiger partial charge on any atom is -0.340 e. The number of pyridine rings is 1. The number of hydrogen-bond acceptors (Lipinski definition) is 5. The molecule has 1 amide bonds. The number of likely N-dealkylation sites (tertiary alicyclic amines) is 1. The minimum atomic E-state index is 0.0365. The number of likely N-dealkylation sites (N-methyl/N-ethyl adjacent to an activating group) is 1. The Balaban J connectivity index is 1.70. The van der Waals surface area contributed by atoms with Crippen LogP contribution in [0.3, 0.4) is 0 Å². The van der Waals surface area contributed by atoms with Crippen LogP contribution in [0, 0.1) is 6.92 Å². The number of carbonyl (C=O) groups is 1. The number of aryl methyl sites for hydroxylation is 1. The summed E-state index contributed by atoms with van der Waals surface area (Å²) in [5.41, 5.74) is 2.31. The van der Waals surface area contributed by atoms with Crippen molar-refractivity contribution < 1.29 is 4.79 Å². The number of amides is 1. The van der Waals surface area contributed by atoms with Crippen LogP contribution in [0.5, 0.6) is 0 Å². The maximum Gasteiger partial charge on any atom is 0.254 e. The standard InChI is InChI=1S/C22H29N5OS/c1-15(2)27-21-18(14-23-27)17(13-19(24-21)20-8-7-16(3)29-20)22(28)25(4)11-12-26-9-5-6-10-26/h7-8,13-15H,5-6,9-12H2,1-4H3. The molecule has 3 aromatic rings. The highest BCUT2D eigenvalue weighted by Gasteiger charge is 2.22. The van der Waals surface area contributed by atoms with Crippen molar-refractivity contribution >= 4 is 28.3 Å². The third-order valence-corrected chi connectivity index (χ3v) is 6.60. The zero-order valence-electron chi connectivity index (χ0n) is 17.7. The Morgan fingerprint density at radius 3 is 2.69 bits per heavy atom. The van der Waals surface area contributed by atoms with Crippen LogP contribution in [0.1, 0.15) is 48.0 Å². The molecule has 4 rings (SSSR count). The molecule has 0 N–H and O–H groups in total. The zero-order valence-corrected chi connectivity index (χ0v) is 18.5. The fourth-order valence-corrected chi connectivity index (χ4v) is 4.70. The Hall–Kier alpha value is -2.25. The Morgan fingerprint density at radius 2 is 2.03 bits per heavy atom. The summed E-state index contributed by atoms with van der Waals surface area (Å²) >= 11 is 1.70. The molecule has 0 aromatic carbocycles. The van der Waals surface area contributed by atoms with Crippen LogP contribution in [0.15, 0.2) is 24.4 Å². The summed E-state index contributed by atoms with van der Waals surface area (Å²) in [6, 6.07) is 6.29. The first-order valence-electron chi connectivity index (χ1n) is 10.4. The Labute approximate surface area is 176 Å². The van der Waals surface area contributed by atoms with Crippen LogP contribution >= 0.6 is 11.3 Å². The highest BCUT2D eigenvalue weighted by Crippen LogP contribution is 2.31. The van der Waals surface area contributed by atoms with E-state index in [4.69, 9.17) is 4.98 Å².